The Labute approximate surface area is 213 Å². The monoisotopic (exact) mass is 490 g/mol. The number of fused-ring (bicyclic) bond motifs is 1. The molecule has 4 aromatic rings. The average Bonchev–Trinajstić information content (AvgIpc) is 3.63. The summed E-state index contributed by atoms with van der Waals surface area (Å²) in [4.78, 5) is 26.7. The quantitative estimate of drug-likeness (QED) is 0.419. The molecule has 0 saturated heterocycles. The van der Waals surface area contributed by atoms with Crippen molar-refractivity contribution in [2.75, 3.05) is 18.4 Å². The first-order valence-electron chi connectivity index (χ1n) is 12.5. The van der Waals surface area contributed by atoms with Crippen LogP contribution in [0.5, 0.6) is 0 Å². The molecule has 184 valence electrons. The molecule has 1 aliphatic heterocycles. The normalized spacial score (nSPS) is 15.3. The molecule has 0 bridgehead atoms. The van der Waals surface area contributed by atoms with Crippen molar-refractivity contribution in [1.29, 1.82) is 5.26 Å². The Morgan fingerprint density at radius 3 is 2.78 bits per heavy atom. The molecular weight excluding hydrogens is 464 g/mol. The number of aromatic nitrogens is 5. The van der Waals surface area contributed by atoms with Crippen LogP contribution in [-0.2, 0) is 6.54 Å². The lowest BCUT2D eigenvalue weighted by atomic mass is 10.0. The van der Waals surface area contributed by atoms with Crippen molar-refractivity contribution in [3.63, 3.8) is 0 Å². The molecule has 0 spiro atoms. The van der Waals surface area contributed by atoms with Crippen molar-refractivity contribution >= 4 is 33.9 Å². The van der Waals surface area contributed by atoms with E-state index in [0.29, 0.717) is 17.0 Å². The van der Waals surface area contributed by atoms with E-state index in [2.05, 4.69) is 44.9 Å². The zero-order valence-corrected chi connectivity index (χ0v) is 20.3. The van der Waals surface area contributed by atoms with Crippen molar-refractivity contribution in [2.45, 2.75) is 32.2 Å². The van der Waals surface area contributed by atoms with Gasteiger partial charge in [-0.25, -0.2) is 9.97 Å². The molecular formula is C28H26N8O. The average molecular weight is 491 g/mol. The summed E-state index contributed by atoms with van der Waals surface area (Å²) in [6.07, 6.45) is 13.7. The minimum Gasteiger partial charge on any atom is -0.324 e. The van der Waals surface area contributed by atoms with E-state index >= 15 is 0 Å². The molecule has 37 heavy (non-hydrogen) atoms. The highest BCUT2D eigenvalue weighted by atomic mass is 16.1. The molecule has 0 radical (unpaired) electrons. The number of nitrogens with one attached hydrogen (secondary N) is 2. The molecule has 9 nitrogen and oxygen atoms in total. The van der Waals surface area contributed by atoms with Gasteiger partial charge in [-0.05, 0) is 61.6 Å². The lowest BCUT2D eigenvalue weighted by Gasteiger charge is -2.15. The van der Waals surface area contributed by atoms with Crippen LogP contribution in [0.1, 0.15) is 42.5 Å². The second kappa shape index (κ2) is 9.84. The lowest BCUT2D eigenvalue weighted by molar-refractivity contribution is 0.738. The number of nitrogens with zero attached hydrogens (tertiary/aromatic N) is 6. The Balaban J connectivity index is 1.34. The molecule has 0 saturated carbocycles. The van der Waals surface area contributed by atoms with Gasteiger partial charge in [0.05, 0.1) is 24.8 Å². The van der Waals surface area contributed by atoms with Crippen LogP contribution in [0.4, 0.5) is 11.6 Å². The van der Waals surface area contributed by atoms with Crippen LogP contribution in [0.3, 0.4) is 0 Å². The SMILES string of the molecule is N#Cc1cc2cnc(Nc3ccc(C4=CCNCC4)cc3)nc2n(Cc2cncn2C2=CCCC2)c1=O. The molecule has 0 amide bonds. The highest BCUT2D eigenvalue weighted by Crippen LogP contribution is 2.25. The molecule has 9 heteroatoms. The Morgan fingerprint density at radius 1 is 1.14 bits per heavy atom. The summed E-state index contributed by atoms with van der Waals surface area (Å²) >= 11 is 0. The van der Waals surface area contributed by atoms with Crippen molar-refractivity contribution in [3.05, 3.63) is 88.4 Å². The van der Waals surface area contributed by atoms with Crippen LogP contribution in [0.15, 0.2) is 66.0 Å². The van der Waals surface area contributed by atoms with Crippen LogP contribution in [0.25, 0.3) is 22.3 Å². The second-order valence-corrected chi connectivity index (χ2v) is 9.26. The van der Waals surface area contributed by atoms with Crippen molar-refractivity contribution < 1.29 is 0 Å². The number of allylic oxidation sites excluding steroid dienone is 2. The molecule has 2 N–H and O–H groups in total. The Kier molecular flexibility index (Phi) is 6.08. The maximum absolute atomic E-state index is 13.2. The van der Waals surface area contributed by atoms with E-state index in [1.807, 2.05) is 22.8 Å². The molecule has 1 aliphatic carbocycles. The molecule has 4 heterocycles. The van der Waals surface area contributed by atoms with Crippen molar-refractivity contribution in [3.8, 4) is 6.07 Å². The molecule has 0 fully saturated rings. The summed E-state index contributed by atoms with van der Waals surface area (Å²) < 4.78 is 3.57. The first-order valence-corrected chi connectivity index (χ1v) is 12.5. The number of rotatable bonds is 6. The van der Waals surface area contributed by atoms with E-state index in [-0.39, 0.29) is 17.7 Å². The Bertz CT molecular complexity index is 1640. The van der Waals surface area contributed by atoms with Gasteiger partial charge in [-0.15, -0.1) is 0 Å². The number of imidazole rings is 1. The first-order chi connectivity index (χ1) is 18.2. The molecule has 0 unspecified atom stereocenters. The fourth-order valence-corrected chi connectivity index (χ4v) is 4.96. The van der Waals surface area contributed by atoms with E-state index in [1.165, 1.54) is 21.4 Å². The van der Waals surface area contributed by atoms with Gasteiger partial charge >= 0.3 is 0 Å². The van der Waals surface area contributed by atoms with E-state index in [0.717, 1.165) is 50.2 Å². The summed E-state index contributed by atoms with van der Waals surface area (Å²) in [7, 11) is 0. The van der Waals surface area contributed by atoms with Crippen LogP contribution in [0, 0.1) is 11.3 Å². The lowest BCUT2D eigenvalue weighted by Crippen LogP contribution is -2.25. The van der Waals surface area contributed by atoms with E-state index in [1.54, 1.807) is 24.8 Å². The first kappa shape index (κ1) is 22.9. The van der Waals surface area contributed by atoms with Gasteiger partial charge in [0.2, 0.25) is 5.95 Å². The summed E-state index contributed by atoms with van der Waals surface area (Å²) in [5.41, 5.74) is 5.59. The number of pyridine rings is 1. The fourth-order valence-electron chi connectivity index (χ4n) is 4.96. The predicted molar refractivity (Wildman–Crippen MR) is 143 cm³/mol. The number of hydrogen-bond acceptors (Lipinski definition) is 7. The third-order valence-corrected chi connectivity index (χ3v) is 6.88. The second-order valence-electron chi connectivity index (χ2n) is 9.26. The van der Waals surface area contributed by atoms with Crippen LogP contribution in [-0.4, -0.2) is 37.2 Å². The van der Waals surface area contributed by atoms with Gasteiger partial charge in [0.15, 0.2) is 0 Å². The van der Waals surface area contributed by atoms with Gasteiger partial charge in [0.1, 0.15) is 17.3 Å². The third kappa shape index (κ3) is 4.55. The van der Waals surface area contributed by atoms with Gasteiger partial charge in [-0.1, -0.05) is 24.3 Å². The van der Waals surface area contributed by atoms with Crippen LogP contribution in [0.2, 0.25) is 0 Å². The highest BCUT2D eigenvalue weighted by molar-refractivity contribution is 5.77. The summed E-state index contributed by atoms with van der Waals surface area (Å²) in [5.74, 6) is 0.381. The van der Waals surface area contributed by atoms with Crippen molar-refractivity contribution in [1.82, 2.24) is 29.4 Å². The van der Waals surface area contributed by atoms with Crippen LogP contribution < -0.4 is 16.2 Å². The molecule has 6 rings (SSSR count). The molecule has 3 aromatic heterocycles. The minimum atomic E-state index is -0.382. The zero-order valence-electron chi connectivity index (χ0n) is 20.3. The van der Waals surface area contributed by atoms with Crippen LogP contribution >= 0.6 is 0 Å². The van der Waals surface area contributed by atoms with Crippen molar-refractivity contribution in [2.24, 2.45) is 0 Å². The number of benzene rings is 1. The van der Waals surface area contributed by atoms with Gasteiger partial charge in [-0.3, -0.25) is 9.36 Å². The third-order valence-electron chi connectivity index (χ3n) is 6.88. The summed E-state index contributed by atoms with van der Waals surface area (Å²) in [5, 5.41) is 16.8. The minimum absolute atomic E-state index is 0.0609. The van der Waals surface area contributed by atoms with Gasteiger partial charge in [-0.2, -0.15) is 10.2 Å². The summed E-state index contributed by atoms with van der Waals surface area (Å²) in [6.45, 7) is 2.13. The molecule has 1 aromatic carbocycles. The smallest absolute Gasteiger partial charge is 0.270 e. The van der Waals surface area contributed by atoms with E-state index in [4.69, 9.17) is 4.98 Å². The summed E-state index contributed by atoms with van der Waals surface area (Å²) in [6, 6.07) is 11.8. The standard InChI is InChI=1S/C28H26N8O/c29-14-21-13-22-15-32-28(33-23-7-5-19(6-8-23)20-9-11-30-12-10-20)34-26(22)35(27(21)37)17-25-16-31-18-36(25)24-3-1-2-4-24/h3,5-9,13,15-16,18,30H,1-2,4,10-12,17H2,(H,32,33,34). The number of nitriles is 1. The largest absolute Gasteiger partial charge is 0.324 e. The zero-order chi connectivity index (χ0) is 25.2. The fraction of sp³-hybridized carbons (Fsp3) is 0.250. The van der Waals surface area contributed by atoms with E-state index in [9.17, 15) is 10.1 Å². The van der Waals surface area contributed by atoms with E-state index < -0.39 is 0 Å². The van der Waals surface area contributed by atoms with Gasteiger partial charge in [0.25, 0.3) is 5.56 Å². The topological polar surface area (TPSA) is 113 Å². The Morgan fingerprint density at radius 2 is 2.03 bits per heavy atom. The molecule has 0 atom stereocenters. The number of hydrogen-bond donors (Lipinski definition) is 2. The molecule has 2 aliphatic rings. The predicted octanol–water partition coefficient (Wildman–Crippen LogP) is 4.05. The Hall–Kier alpha value is -4.55. The maximum Gasteiger partial charge on any atom is 0.270 e. The van der Waals surface area contributed by atoms with Gasteiger partial charge in [0, 0.05) is 29.5 Å². The number of anilines is 2. The maximum atomic E-state index is 13.2. The highest BCUT2D eigenvalue weighted by Gasteiger charge is 2.16. The van der Waals surface area contributed by atoms with Gasteiger partial charge < -0.3 is 15.2 Å².